The van der Waals surface area contributed by atoms with E-state index in [0.717, 1.165) is 27.6 Å². The van der Waals surface area contributed by atoms with Gasteiger partial charge in [-0.05, 0) is 24.3 Å². The summed E-state index contributed by atoms with van der Waals surface area (Å²) < 4.78 is 10.8. The fourth-order valence-electron chi connectivity index (χ4n) is 2.25. The molecule has 0 aliphatic rings. The average Bonchev–Trinajstić information content (AvgIpc) is 2.86. The Balaban J connectivity index is 1.83. The highest BCUT2D eigenvalue weighted by Crippen LogP contribution is 2.30. The van der Waals surface area contributed by atoms with E-state index in [1.54, 1.807) is 0 Å². The zero-order valence-electron chi connectivity index (χ0n) is 11.5. The second kappa shape index (κ2) is 5.95. The van der Waals surface area contributed by atoms with Gasteiger partial charge in [0.1, 0.15) is 17.8 Å². The van der Waals surface area contributed by atoms with Crippen LogP contribution in [0.1, 0.15) is 0 Å². The number of hydrogen-bond donors (Lipinski definition) is 2. The molecule has 0 saturated heterocycles. The van der Waals surface area contributed by atoms with Crippen molar-refractivity contribution in [2.45, 2.75) is 0 Å². The van der Waals surface area contributed by atoms with Gasteiger partial charge in [0.25, 0.3) is 0 Å². The number of nitrogens with two attached hydrogens (primary N) is 1. The highest BCUT2D eigenvalue weighted by Gasteiger charge is 2.08. The minimum absolute atomic E-state index is 0.00136. The topological polar surface area (TPSA) is 77.5 Å². The number of ether oxygens (including phenoxy) is 1. The fraction of sp³-hybridized carbons (Fsp3) is 0.188. The van der Waals surface area contributed by atoms with Crippen molar-refractivity contribution >= 4 is 33.5 Å². The lowest BCUT2D eigenvalue weighted by atomic mass is 10.1. The van der Waals surface area contributed by atoms with Gasteiger partial charge in [0.15, 0.2) is 0 Å². The molecule has 0 fully saturated rings. The third-order valence-electron chi connectivity index (χ3n) is 3.16. The van der Waals surface area contributed by atoms with Gasteiger partial charge in [-0.15, -0.1) is 0 Å². The van der Waals surface area contributed by atoms with Crippen molar-refractivity contribution in [2.75, 3.05) is 25.1 Å². The van der Waals surface area contributed by atoms with Gasteiger partial charge >= 0.3 is 0 Å². The van der Waals surface area contributed by atoms with E-state index in [-0.39, 0.29) is 12.5 Å². The number of furan rings is 1. The van der Waals surface area contributed by atoms with Crippen LogP contribution in [0.2, 0.25) is 0 Å². The van der Waals surface area contributed by atoms with Crippen LogP contribution >= 0.6 is 0 Å². The van der Waals surface area contributed by atoms with Crippen LogP contribution in [0.3, 0.4) is 0 Å². The molecule has 1 amide bonds. The van der Waals surface area contributed by atoms with Gasteiger partial charge in [-0.25, -0.2) is 0 Å². The van der Waals surface area contributed by atoms with E-state index >= 15 is 0 Å². The Labute approximate surface area is 121 Å². The van der Waals surface area contributed by atoms with Crippen LogP contribution in [0.5, 0.6) is 0 Å². The van der Waals surface area contributed by atoms with Crippen molar-refractivity contribution in [3.05, 3.63) is 42.5 Å². The fourth-order valence-corrected chi connectivity index (χ4v) is 2.25. The standard InChI is InChI=1S/C16H16N2O3/c17-7-8-20-10-16(19)18-11-5-6-15-13(9-11)12-3-1-2-4-14(12)21-15/h1-6,9H,7-8,10,17H2,(H,18,19). The molecular formula is C16H16N2O3. The van der Waals surface area contributed by atoms with Crippen LogP contribution in [-0.4, -0.2) is 25.7 Å². The molecule has 0 aliphatic heterocycles. The van der Waals surface area contributed by atoms with Crippen LogP contribution in [0, 0.1) is 0 Å². The molecular weight excluding hydrogens is 268 g/mol. The molecule has 5 nitrogen and oxygen atoms in total. The monoisotopic (exact) mass is 284 g/mol. The number of fused-ring (bicyclic) bond motifs is 3. The van der Waals surface area contributed by atoms with E-state index in [0.29, 0.717) is 13.2 Å². The summed E-state index contributed by atoms with van der Waals surface area (Å²) in [6.07, 6.45) is 0. The summed E-state index contributed by atoms with van der Waals surface area (Å²) in [6, 6.07) is 13.4. The quantitative estimate of drug-likeness (QED) is 0.706. The lowest BCUT2D eigenvalue weighted by Gasteiger charge is -2.05. The zero-order chi connectivity index (χ0) is 14.7. The SMILES string of the molecule is NCCOCC(=O)Nc1ccc2oc3ccccc3c2c1. The van der Waals surface area contributed by atoms with Crippen LogP contribution in [0.25, 0.3) is 21.9 Å². The van der Waals surface area contributed by atoms with E-state index < -0.39 is 0 Å². The number of para-hydroxylation sites is 1. The maximum absolute atomic E-state index is 11.7. The second-order valence-electron chi connectivity index (χ2n) is 4.70. The molecule has 5 heteroatoms. The molecule has 0 saturated carbocycles. The van der Waals surface area contributed by atoms with Crippen LogP contribution in [0.4, 0.5) is 5.69 Å². The lowest BCUT2D eigenvalue weighted by Crippen LogP contribution is -2.20. The summed E-state index contributed by atoms with van der Waals surface area (Å²) in [5, 5.41) is 4.81. The number of carbonyl (C=O) groups excluding carboxylic acids is 1. The van der Waals surface area contributed by atoms with Gasteiger partial charge < -0.3 is 20.2 Å². The third kappa shape index (κ3) is 2.89. The molecule has 3 N–H and O–H groups in total. The van der Waals surface area contributed by atoms with E-state index in [1.807, 2.05) is 42.5 Å². The first kappa shape index (κ1) is 13.6. The van der Waals surface area contributed by atoms with Crippen molar-refractivity contribution in [1.29, 1.82) is 0 Å². The molecule has 0 spiro atoms. The number of amides is 1. The second-order valence-corrected chi connectivity index (χ2v) is 4.70. The maximum Gasteiger partial charge on any atom is 0.250 e. The van der Waals surface area contributed by atoms with E-state index in [2.05, 4.69) is 5.32 Å². The molecule has 0 unspecified atom stereocenters. The molecule has 1 aromatic heterocycles. The summed E-state index contributed by atoms with van der Waals surface area (Å²) in [7, 11) is 0. The normalized spacial score (nSPS) is 11.1. The number of anilines is 1. The van der Waals surface area contributed by atoms with E-state index in [1.165, 1.54) is 0 Å². The molecule has 3 rings (SSSR count). The van der Waals surface area contributed by atoms with E-state index in [9.17, 15) is 4.79 Å². The summed E-state index contributed by atoms with van der Waals surface area (Å²) in [5.74, 6) is -0.199. The first-order valence-corrected chi connectivity index (χ1v) is 6.77. The number of nitrogens with one attached hydrogen (secondary N) is 1. The van der Waals surface area contributed by atoms with Gasteiger partial charge in [-0.1, -0.05) is 18.2 Å². The zero-order valence-corrected chi connectivity index (χ0v) is 11.5. The van der Waals surface area contributed by atoms with Crippen molar-refractivity contribution in [3.63, 3.8) is 0 Å². The minimum atomic E-state index is -0.199. The van der Waals surface area contributed by atoms with Crippen LogP contribution in [-0.2, 0) is 9.53 Å². The minimum Gasteiger partial charge on any atom is -0.456 e. The molecule has 21 heavy (non-hydrogen) atoms. The summed E-state index contributed by atoms with van der Waals surface area (Å²) in [4.78, 5) is 11.7. The third-order valence-corrected chi connectivity index (χ3v) is 3.16. The highest BCUT2D eigenvalue weighted by atomic mass is 16.5. The van der Waals surface area contributed by atoms with Gasteiger partial charge in [-0.2, -0.15) is 0 Å². The van der Waals surface area contributed by atoms with Crippen molar-refractivity contribution in [1.82, 2.24) is 0 Å². The number of hydrogen-bond acceptors (Lipinski definition) is 4. The van der Waals surface area contributed by atoms with E-state index in [4.69, 9.17) is 14.9 Å². The molecule has 0 bridgehead atoms. The molecule has 2 aromatic carbocycles. The predicted octanol–water partition coefficient (Wildman–Crippen LogP) is 2.50. The summed E-state index contributed by atoms with van der Waals surface area (Å²) >= 11 is 0. The molecule has 3 aromatic rings. The largest absolute Gasteiger partial charge is 0.456 e. The Morgan fingerprint density at radius 2 is 1.95 bits per heavy atom. The Kier molecular flexibility index (Phi) is 3.85. The maximum atomic E-state index is 11.7. The van der Waals surface area contributed by atoms with Crippen molar-refractivity contribution in [2.24, 2.45) is 5.73 Å². The number of rotatable bonds is 5. The van der Waals surface area contributed by atoms with Gasteiger partial charge in [0.05, 0.1) is 6.61 Å². The Hall–Kier alpha value is -2.37. The van der Waals surface area contributed by atoms with Crippen molar-refractivity contribution < 1.29 is 13.9 Å². The average molecular weight is 284 g/mol. The molecule has 0 radical (unpaired) electrons. The Morgan fingerprint density at radius 3 is 2.81 bits per heavy atom. The van der Waals surface area contributed by atoms with Crippen molar-refractivity contribution in [3.8, 4) is 0 Å². The summed E-state index contributed by atoms with van der Waals surface area (Å²) in [5.41, 5.74) is 7.66. The van der Waals surface area contributed by atoms with Crippen LogP contribution < -0.4 is 11.1 Å². The van der Waals surface area contributed by atoms with Gasteiger partial charge in [0.2, 0.25) is 5.91 Å². The molecule has 0 atom stereocenters. The molecule has 1 heterocycles. The first-order chi connectivity index (χ1) is 10.3. The highest BCUT2D eigenvalue weighted by molar-refractivity contribution is 6.06. The number of benzene rings is 2. The predicted molar refractivity (Wildman–Crippen MR) is 82.2 cm³/mol. The Bertz CT molecular complexity index is 779. The Morgan fingerprint density at radius 1 is 1.14 bits per heavy atom. The smallest absolute Gasteiger partial charge is 0.250 e. The lowest BCUT2D eigenvalue weighted by molar-refractivity contribution is -0.120. The molecule has 108 valence electrons. The van der Waals surface area contributed by atoms with Gasteiger partial charge in [0, 0.05) is 23.0 Å². The number of carbonyl (C=O) groups is 1. The molecule has 0 aliphatic carbocycles. The van der Waals surface area contributed by atoms with Gasteiger partial charge in [-0.3, -0.25) is 4.79 Å². The van der Waals surface area contributed by atoms with Crippen LogP contribution in [0.15, 0.2) is 46.9 Å². The first-order valence-electron chi connectivity index (χ1n) is 6.77. The summed E-state index contributed by atoms with van der Waals surface area (Å²) in [6.45, 7) is 0.778.